The third-order valence-corrected chi connectivity index (χ3v) is 5.04. The Hall–Kier alpha value is -3.73. The molecule has 162 valence electrons. The van der Waals surface area contributed by atoms with E-state index in [1.807, 2.05) is 30.3 Å². The molecule has 2 aromatic rings. The molecule has 1 fully saturated rings. The molecule has 1 aliphatic heterocycles. The quantitative estimate of drug-likeness (QED) is 0.631. The van der Waals surface area contributed by atoms with Gasteiger partial charge in [-0.2, -0.15) is 5.26 Å². The molecule has 0 spiro atoms. The smallest absolute Gasteiger partial charge is 0.347 e. The van der Waals surface area contributed by atoms with Crippen molar-refractivity contribution < 1.29 is 23.8 Å². The molecular formula is C23H25N3O5. The Morgan fingerprint density at radius 2 is 1.61 bits per heavy atom. The molecule has 1 heterocycles. The summed E-state index contributed by atoms with van der Waals surface area (Å²) in [6.07, 6.45) is -0.868. The van der Waals surface area contributed by atoms with Gasteiger partial charge in [0, 0.05) is 31.9 Å². The highest BCUT2D eigenvalue weighted by molar-refractivity contribution is 5.82. The van der Waals surface area contributed by atoms with Crippen molar-refractivity contribution in [3.8, 4) is 17.6 Å². The van der Waals surface area contributed by atoms with Crippen LogP contribution < -0.4 is 14.4 Å². The Morgan fingerprint density at radius 1 is 1.00 bits per heavy atom. The molecule has 1 amide bonds. The van der Waals surface area contributed by atoms with Gasteiger partial charge in [0.1, 0.15) is 11.5 Å². The van der Waals surface area contributed by atoms with Crippen LogP contribution in [0.1, 0.15) is 12.5 Å². The van der Waals surface area contributed by atoms with E-state index in [2.05, 4.69) is 4.90 Å². The van der Waals surface area contributed by atoms with Crippen LogP contribution in [0.25, 0.3) is 0 Å². The zero-order valence-electron chi connectivity index (χ0n) is 17.6. The van der Waals surface area contributed by atoms with Crippen LogP contribution in [0.3, 0.4) is 0 Å². The molecule has 0 unspecified atom stereocenters. The van der Waals surface area contributed by atoms with Crippen molar-refractivity contribution in [1.29, 1.82) is 5.26 Å². The minimum absolute atomic E-state index is 0.228. The number of ether oxygens (including phenoxy) is 3. The summed E-state index contributed by atoms with van der Waals surface area (Å²) in [6.45, 7) is 3.74. The summed E-state index contributed by atoms with van der Waals surface area (Å²) < 4.78 is 15.8. The van der Waals surface area contributed by atoms with E-state index >= 15 is 0 Å². The van der Waals surface area contributed by atoms with Gasteiger partial charge in [0.05, 0.1) is 18.7 Å². The van der Waals surface area contributed by atoms with Gasteiger partial charge in [-0.3, -0.25) is 4.79 Å². The summed E-state index contributed by atoms with van der Waals surface area (Å²) in [4.78, 5) is 28.5. The van der Waals surface area contributed by atoms with Crippen LogP contribution in [0, 0.1) is 11.3 Å². The molecule has 0 N–H and O–H groups in total. The minimum Gasteiger partial charge on any atom is -0.497 e. The highest BCUT2D eigenvalue weighted by Gasteiger charge is 2.24. The summed E-state index contributed by atoms with van der Waals surface area (Å²) >= 11 is 0. The number of anilines is 1. The van der Waals surface area contributed by atoms with Crippen molar-refractivity contribution in [2.24, 2.45) is 0 Å². The number of carbonyl (C=O) groups excluding carboxylic acids is 2. The second-order valence-electron chi connectivity index (χ2n) is 7.07. The number of piperazine rings is 1. The van der Waals surface area contributed by atoms with E-state index in [0.29, 0.717) is 37.5 Å². The van der Waals surface area contributed by atoms with Gasteiger partial charge in [-0.05, 0) is 55.5 Å². The molecule has 0 saturated carbocycles. The maximum Gasteiger partial charge on any atom is 0.347 e. The number of benzene rings is 2. The van der Waals surface area contributed by atoms with Gasteiger partial charge in [-0.25, -0.2) is 4.79 Å². The van der Waals surface area contributed by atoms with Crippen LogP contribution in [0.5, 0.6) is 11.5 Å². The van der Waals surface area contributed by atoms with Gasteiger partial charge in [0.25, 0.3) is 5.91 Å². The summed E-state index contributed by atoms with van der Waals surface area (Å²) in [7, 11) is 1.63. The highest BCUT2D eigenvalue weighted by atomic mass is 16.6. The summed E-state index contributed by atoms with van der Waals surface area (Å²) in [5.74, 6) is 0.407. The van der Waals surface area contributed by atoms with E-state index in [1.54, 1.807) is 43.2 Å². The highest BCUT2D eigenvalue weighted by Crippen LogP contribution is 2.20. The fraction of sp³-hybridized carbons (Fsp3) is 0.348. The van der Waals surface area contributed by atoms with Gasteiger partial charge in [0.15, 0.2) is 12.7 Å². The molecule has 3 rings (SSSR count). The SMILES string of the molecule is COc1ccc(N2CCN(C(=O)COC(=O)[C@@H](C)Oc3ccc(C#N)cc3)CC2)cc1. The number of methoxy groups -OCH3 is 1. The summed E-state index contributed by atoms with van der Waals surface area (Å²) in [5, 5.41) is 8.81. The number of nitriles is 1. The zero-order chi connectivity index (χ0) is 22.2. The van der Waals surface area contributed by atoms with Crippen LogP contribution in [0.2, 0.25) is 0 Å². The second-order valence-corrected chi connectivity index (χ2v) is 7.07. The lowest BCUT2D eigenvalue weighted by Crippen LogP contribution is -2.50. The Bertz CT molecular complexity index is 929. The van der Waals surface area contributed by atoms with E-state index in [9.17, 15) is 9.59 Å². The van der Waals surface area contributed by atoms with Gasteiger partial charge in [-0.1, -0.05) is 0 Å². The fourth-order valence-corrected chi connectivity index (χ4v) is 3.21. The van der Waals surface area contributed by atoms with Crippen LogP contribution >= 0.6 is 0 Å². The van der Waals surface area contributed by atoms with Crippen molar-refractivity contribution in [3.05, 3.63) is 54.1 Å². The van der Waals surface area contributed by atoms with E-state index in [4.69, 9.17) is 19.5 Å². The first kappa shape index (κ1) is 22.0. The molecule has 1 saturated heterocycles. The average molecular weight is 423 g/mol. The third kappa shape index (κ3) is 5.89. The van der Waals surface area contributed by atoms with E-state index in [0.717, 1.165) is 11.4 Å². The lowest BCUT2D eigenvalue weighted by Gasteiger charge is -2.36. The van der Waals surface area contributed by atoms with Gasteiger partial charge >= 0.3 is 5.97 Å². The maximum absolute atomic E-state index is 12.4. The molecular weight excluding hydrogens is 398 g/mol. The molecule has 31 heavy (non-hydrogen) atoms. The van der Waals surface area contributed by atoms with Crippen molar-refractivity contribution in [1.82, 2.24) is 4.90 Å². The number of hydrogen-bond donors (Lipinski definition) is 0. The molecule has 0 bridgehead atoms. The maximum atomic E-state index is 12.4. The van der Waals surface area contributed by atoms with E-state index in [1.165, 1.54) is 0 Å². The number of rotatable bonds is 7. The summed E-state index contributed by atoms with van der Waals surface area (Å²) in [5.41, 5.74) is 1.58. The first-order chi connectivity index (χ1) is 15.0. The first-order valence-electron chi connectivity index (χ1n) is 10.0. The Labute approximate surface area is 181 Å². The van der Waals surface area contributed by atoms with Crippen molar-refractivity contribution in [3.63, 3.8) is 0 Å². The molecule has 0 radical (unpaired) electrons. The first-order valence-corrected chi connectivity index (χ1v) is 10.0. The zero-order valence-corrected chi connectivity index (χ0v) is 17.6. The van der Waals surface area contributed by atoms with Gasteiger partial charge < -0.3 is 24.0 Å². The number of carbonyl (C=O) groups is 2. The molecule has 0 aromatic heterocycles. The molecule has 1 atom stereocenters. The van der Waals surface area contributed by atoms with Crippen LogP contribution in [-0.2, 0) is 14.3 Å². The molecule has 8 heteroatoms. The Morgan fingerprint density at radius 3 is 2.19 bits per heavy atom. The number of nitrogens with zero attached hydrogens (tertiary/aromatic N) is 3. The van der Waals surface area contributed by atoms with Crippen LogP contribution in [-0.4, -0.2) is 62.8 Å². The average Bonchev–Trinajstić information content (AvgIpc) is 2.83. The lowest BCUT2D eigenvalue weighted by atomic mass is 10.2. The van der Waals surface area contributed by atoms with Crippen molar-refractivity contribution >= 4 is 17.6 Å². The predicted octanol–water partition coefficient (Wildman–Crippen LogP) is 2.23. The number of amides is 1. The Balaban J connectivity index is 1.41. The standard InChI is InChI=1S/C23H25N3O5/c1-17(31-21-7-3-18(15-24)4-8-21)23(28)30-16-22(27)26-13-11-25(12-14-26)19-5-9-20(29-2)10-6-19/h3-10,17H,11-14,16H2,1-2H3/t17-/m1/s1. The summed E-state index contributed by atoms with van der Waals surface area (Å²) in [6, 6.07) is 16.2. The normalized spacial score (nSPS) is 14.4. The lowest BCUT2D eigenvalue weighted by molar-refractivity contribution is -0.157. The Kier molecular flexibility index (Phi) is 7.33. The van der Waals surface area contributed by atoms with Gasteiger partial charge in [0.2, 0.25) is 0 Å². The van der Waals surface area contributed by atoms with E-state index < -0.39 is 12.1 Å². The monoisotopic (exact) mass is 423 g/mol. The van der Waals surface area contributed by atoms with Crippen LogP contribution in [0.4, 0.5) is 5.69 Å². The molecule has 1 aliphatic rings. The number of esters is 1. The minimum atomic E-state index is -0.868. The van der Waals surface area contributed by atoms with Crippen LogP contribution in [0.15, 0.2) is 48.5 Å². The molecule has 8 nitrogen and oxygen atoms in total. The molecule has 0 aliphatic carbocycles. The predicted molar refractivity (Wildman–Crippen MR) is 114 cm³/mol. The largest absolute Gasteiger partial charge is 0.497 e. The number of hydrogen-bond acceptors (Lipinski definition) is 7. The molecule has 2 aromatic carbocycles. The topological polar surface area (TPSA) is 92.1 Å². The van der Waals surface area contributed by atoms with Gasteiger partial charge in [-0.15, -0.1) is 0 Å². The third-order valence-electron chi connectivity index (χ3n) is 5.04. The second kappa shape index (κ2) is 10.3. The fourth-order valence-electron chi connectivity index (χ4n) is 3.21. The van der Waals surface area contributed by atoms with Crippen molar-refractivity contribution in [2.45, 2.75) is 13.0 Å². The van der Waals surface area contributed by atoms with Crippen molar-refractivity contribution in [2.75, 3.05) is 44.8 Å². The van der Waals surface area contributed by atoms with E-state index in [-0.39, 0.29) is 12.5 Å².